The highest BCUT2D eigenvalue weighted by atomic mass is 32.2. The van der Waals surface area contributed by atoms with E-state index in [1.54, 1.807) is 19.1 Å². The van der Waals surface area contributed by atoms with Crippen LogP contribution in [0, 0.1) is 16.0 Å². The molecule has 0 bridgehead atoms. The number of hydrogen-bond acceptors (Lipinski definition) is 9. The normalized spacial score (nSPS) is 21.5. The fourth-order valence-electron chi connectivity index (χ4n) is 4.63. The van der Waals surface area contributed by atoms with Gasteiger partial charge in [0.1, 0.15) is 4.87 Å². The van der Waals surface area contributed by atoms with Gasteiger partial charge in [-0.2, -0.15) is 0 Å². The summed E-state index contributed by atoms with van der Waals surface area (Å²) in [6.45, 7) is 1.77. The minimum Gasteiger partial charge on any atom is -0.477 e. The number of nitro benzene ring substituents is 1. The molecule has 2 N–H and O–H groups in total. The highest BCUT2D eigenvalue weighted by molar-refractivity contribution is 8.23. The molecule has 2 aliphatic rings. The molecular weight excluding hydrogens is 534 g/mol. The predicted molar refractivity (Wildman–Crippen MR) is 142 cm³/mol. The number of thioether (sulfide) groups is 2. The molecule has 1 aromatic heterocycles. The number of aliphatic carboxylic acids is 1. The van der Waals surface area contributed by atoms with E-state index >= 15 is 0 Å². The molecule has 0 spiro atoms. The monoisotopic (exact) mass is 555 g/mol. The number of carboxylic acid groups (broad SMARTS) is 1. The lowest BCUT2D eigenvalue weighted by Gasteiger charge is -2.54. The fourth-order valence-corrected chi connectivity index (χ4v) is 8.84. The van der Waals surface area contributed by atoms with Crippen LogP contribution in [-0.2, 0) is 16.0 Å². The zero-order valence-corrected chi connectivity index (χ0v) is 21.9. The first-order valence-electron chi connectivity index (χ1n) is 11.4. The SMILES string of the molecule is CC[C@H](O)[C@@H]1C(=O)N2C(C(=O)O)=C(Sc3nc(-c4ccccc4)cs3)S[C@]12Cc1ccc([N+](=O)[O-])cc1. The van der Waals surface area contributed by atoms with Crippen LogP contribution in [0.15, 0.2) is 74.3 Å². The van der Waals surface area contributed by atoms with Crippen LogP contribution >= 0.6 is 34.9 Å². The van der Waals surface area contributed by atoms with Gasteiger partial charge in [-0.1, -0.05) is 61.2 Å². The minimum atomic E-state index is -1.24. The maximum atomic E-state index is 13.2. The molecule has 0 saturated carbocycles. The Morgan fingerprint density at radius 1 is 1.24 bits per heavy atom. The number of aliphatic hydroxyl groups is 1. The molecule has 1 fully saturated rings. The van der Waals surface area contributed by atoms with Crippen molar-refractivity contribution in [1.82, 2.24) is 9.88 Å². The van der Waals surface area contributed by atoms with Crippen molar-refractivity contribution in [3.63, 3.8) is 0 Å². The standard InChI is InChI=1S/C25H21N3O6S3/c1-2-18(29)19-21(30)27-20(22(31)32)23(36-24-26-17(13-35-24)15-6-4-3-5-7-15)37-25(19,27)12-14-8-10-16(11-9-14)28(33)34/h3-11,13,18-19,29H,2,12H2,1H3,(H,31,32)/t18-,19+,25+/m0/s1. The molecule has 37 heavy (non-hydrogen) atoms. The van der Waals surface area contributed by atoms with Gasteiger partial charge in [-0.05, 0) is 23.7 Å². The number of rotatable bonds is 9. The van der Waals surface area contributed by atoms with Gasteiger partial charge >= 0.3 is 5.97 Å². The molecule has 1 saturated heterocycles. The highest BCUT2D eigenvalue weighted by Crippen LogP contribution is 2.63. The van der Waals surface area contributed by atoms with E-state index in [0.29, 0.717) is 20.6 Å². The third-order valence-electron chi connectivity index (χ3n) is 6.38. The van der Waals surface area contributed by atoms with Gasteiger partial charge in [0.05, 0.1) is 26.9 Å². The summed E-state index contributed by atoms with van der Waals surface area (Å²) in [6.07, 6.45) is -0.417. The van der Waals surface area contributed by atoms with Crippen LogP contribution in [0.1, 0.15) is 18.9 Å². The smallest absolute Gasteiger partial charge is 0.354 e. The summed E-state index contributed by atoms with van der Waals surface area (Å²) in [5.41, 5.74) is 2.22. The Labute approximate surface area is 224 Å². The van der Waals surface area contributed by atoms with E-state index in [1.807, 2.05) is 35.7 Å². The Morgan fingerprint density at radius 3 is 2.57 bits per heavy atom. The van der Waals surface area contributed by atoms with E-state index in [1.165, 1.54) is 51.9 Å². The molecule has 12 heteroatoms. The molecule has 0 radical (unpaired) electrons. The Bertz CT molecular complexity index is 1410. The molecule has 190 valence electrons. The first kappa shape index (κ1) is 25.5. The van der Waals surface area contributed by atoms with Crippen molar-refractivity contribution in [3.8, 4) is 11.3 Å². The summed E-state index contributed by atoms with van der Waals surface area (Å²) >= 11 is 3.82. The van der Waals surface area contributed by atoms with Gasteiger partial charge in [-0.15, -0.1) is 11.3 Å². The van der Waals surface area contributed by atoms with Crippen LogP contribution in [0.3, 0.4) is 0 Å². The first-order valence-corrected chi connectivity index (χ1v) is 13.9. The number of hydrogen-bond donors (Lipinski definition) is 2. The molecule has 3 aromatic rings. The molecular formula is C25H21N3O6S3. The van der Waals surface area contributed by atoms with Gasteiger partial charge < -0.3 is 10.2 Å². The number of thiazole rings is 1. The second kappa shape index (κ2) is 9.93. The van der Waals surface area contributed by atoms with Crippen molar-refractivity contribution in [2.45, 2.75) is 35.1 Å². The quantitative estimate of drug-likeness (QED) is 0.213. The molecule has 1 amide bonds. The number of carbonyl (C=O) groups is 2. The zero-order chi connectivity index (χ0) is 26.3. The van der Waals surface area contributed by atoms with Crippen LogP contribution in [0.2, 0.25) is 0 Å². The van der Waals surface area contributed by atoms with E-state index in [0.717, 1.165) is 11.3 Å². The van der Waals surface area contributed by atoms with Gasteiger partial charge in [-0.3, -0.25) is 19.8 Å². The summed E-state index contributed by atoms with van der Waals surface area (Å²) in [5, 5.41) is 33.8. The maximum Gasteiger partial charge on any atom is 0.354 e. The van der Waals surface area contributed by atoms with Gasteiger partial charge in [0, 0.05) is 29.5 Å². The fraction of sp³-hybridized carbons (Fsp3) is 0.240. The number of benzene rings is 2. The van der Waals surface area contributed by atoms with Crippen molar-refractivity contribution in [2.24, 2.45) is 5.92 Å². The van der Waals surface area contributed by atoms with Crippen molar-refractivity contribution in [2.75, 3.05) is 0 Å². The third-order valence-corrected chi connectivity index (χ3v) is 10.0. The number of aliphatic hydroxyl groups excluding tert-OH is 1. The molecule has 2 aliphatic heterocycles. The largest absolute Gasteiger partial charge is 0.477 e. The molecule has 3 heterocycles. The number of non-ortho nitro benzene ring substituents is 1. The highest BCUT2D eigenvalue weighted by Gasteiger charge is 2.68. The molecule has 5 rings (SSSR count). The van der Waals surface area contributed by atoms with Crippen LogP contribution in [0.5, 0.6) is 0 Å². The van der Waals surface area contributed by atoms with Gasteiger partial charge in [0.2, 0.25) is 5.91 Å². The summed E-state index contributed by atoms with van der Waals surface area (Å²) < 4.78 is 1.05. The Kier molecular flexibility index (Phi) is 6.84. The Morgan fingerprint density at radius 2 is 1.95 bits per heavy atom. The van der Waals surface area contributed by atoms with E-state index < -0.39 is 33.7 Å². The van der Waals surface area contributed by atoms with E-state index in [9.17, 15) is 29.9 Å². The van der Waals surface area contributed by atoms with Crippen LogP contribution in [0.25, 0.3) is 11.3 Å². The van der Waals surface area contributed by atoms with Gasteiger partial charge in [-0.25, -0.2) is 9.78 Å². The number of fused-ring (bicyclic) bond motifs is 1. The van der Waals surface area contributed by atoms with Crippen molar-refractivity contribution in [3.05, 3.63) is 85.6 Å². The van der Waals surface area contributed by atoms with Crippen LogP contribution in [0.4, 0.5) is 5.69 Å². The topological polar surface area (TPSA) is 134 Å². The second-order valence-corrected chi connectivity index (χ2v) is 12.3. The molecule has 9 nitrogen and oxygen atoms in total. The summed E-state index contributed by atoms with van der Waals surface area (Å²) in [5.74, 6) is -2.50. The van der Waals surface area contributed by atoms with Gasteiger partial charge in [0.25, 0.3) is 5.69 Å². The number of aromatic nitrogens is 1. The molecule has 0 unspecified atom stereocenters. The number of carbonyl (C=O) groups excluding carboxylic acids is 1. The van der Waals surface area contributed by atoms with Crippen LogP contribution < -0.4 is 0 Å². The lowest BCUT2D eigenvalue weighted by Crippen LogP contribution is -2.71. The molecule has 3 atom stereocenters. The van der Waals surface area contributed by atoms with Crippen molar-refractivity contribution < 1.29 is 24.7 Å². The summed E-state index contributed by atoms with van der Waals surface area (Å²) in [6, 6.07) is 15.6. The first-order chi connectivity index (χ1) is 17.7. The maximum absolute atomic E-state index is 13.2. The van der Waals surface area contributed by atoms with Gasteiger partial charge in [0.15, 0.2) is 10.0 Å². The lowest BCUT2D eigenvalue weighted by atomic mass is 9.77. The number of β-lactam (4-membered cyclic amide) rings is 1. The average molecular weight is 556 g/mol. The van der Waals surface area contributed by atoms with E-state index in [2.05, 4.69) is 4.98 Å². The van der Waals surface area contributed by atoms with Crippen molar-refractivity contribution >= 4 is 52.4 Å². The van der Waals surface area contributed by atoms with Crippen molar-refractivity contribution in [1.29, 1.82) is 0 Å². The zero-order valence-electron chi connectivity index (χ0n) is 19.4. The number of nitro groups is 1. The average Bonchev–Trinajstić information content (AvgIpc) is 3.46. The summed E-state index contributed by atoms with van der Waals surface area (Å²) in [4.78, 5) is 41.1. The number of amides is 1. The number of carboxylic acids is 1. The Hall–Kier alpha value is -3.19. The molecule has 0 aliphatic carbocycles. The Balaban J connectivity index is 1.49. The molecule has 2 aromatic carbocycles. The number of nitrogens with zero attached hydrogens (tertiary/aromatic N) is 3. The second-order valence-electron chi connectivity index (χ2n) is 8.58. The predicted octanol–water partition coefficient (Wildman–Crippen LogP) is 4.98. The van der Waals surface area contributed by atoms with E-state index in [-0.39, 0.29) is 17.8 Å². The van der Waals surface area contributed by atoms with Crippen LogP contribution in [-0.4, -0.2) is 47.9 Å². The summed E-state index contributed by atoms with van der Waals surface area (Å²) in [7, 11) is 0. The lowest BCUT2D eigenvalue weighted by molar-refractivity contribution is -0.384. The van der Waals surface area contributed by atoms with E-state index in [4.69, 9.17) is 0 Å². The minimum absolute atomic E-state index is 0.0643. The third kappa shape index (κ3) is 4.43.